The molecule has 1 rings (SSSR count). The highest BCUT2D eigenvalue weighted by Crippen LogP contribution is 2.20. The summed E-state index contributed by atoms with van der Waals surface area (Å²) < 4.78 is 31.5. The predicted octanol–water partition coefficient (Wildman–Crippen LogP) is 1.95. The second kappa shape index (κ2) is 9.68. The van der Waals surface area contributed by atoms with E-state index in [0.717, 1.165) is 0 Å². The number of rotatable bonds is 9. The van der Waals surface area contributed by atoms with E-state index in [-0.39, 0.29) is 10.5 Å². The van der Waals surface area contributed by atoms with E-state index in [0.29, 0.717) is 31.1 Å². The summed E-state index contributed by atoms with van der Waals surface area (Å²) in [6, 6.07) is 4.33. The van der Waals surface area contributed by atoms with Gasteiger partial charge in [0.25, 0.3) is 5.91 Å². The van der Waals surface area contributed by atoms with E-state index in [1.807, 2.05) is 13.8 Å². The van der Waals surface area contributed by atoms with Gasteiger partial charge in [-0.2, -0.15) is 4.31 Å². The smallest absolute Gasteiger partial charge is 0.338 e. The Hall–Kier alpha value is -1.93. The van der Waals surface area contributed by atoms with E-state index in [1.165, 1.54) is 16.4 Å². The maximum Gasteiger partial charge on any atom is 0.338 e. The molecule has 8 heteroatoms. The molecule has 0 bridgehead atoms. The highest BCUT2D eigenvalue weighted by atomic mass is 32.2. The molecule has 1 amide bonds. The molecule has 0 aliphatic rings. The first-order valence-corrected chi connectivity index (χ1v) is 10.1. The minimum atomic E-state index is -3.68. The lowest BCUT2D eigenvalue weighted by Gasteiger charge is -2.19. The van der Waals surface area contributed by atoms with Crippen LogP contribution in [0.3, 0.4) is 0 Å². The molecule has 0 atom stereocenters. The fourth-order valence-electron chi connectivity index (χ4n) is 2.27. The normalized spacial score (nSPS) is 11.7. The molecule has 0 aliphatic carbocycles. The van der Waals surface area contributed by atoms with Crippen molar-refractivity contribution in [1.82, 2.24) is 9.62 Å². The first-order valence-electron chi connectivity index (χ1n) is 8.68. The summed E-state index contributed by atoms with van der Waals surface area (Å²) in [5, 5.41) is 2.65. The molecule has 26 heavy (non-hydrogen) atoms. The summed E-state index contributed by atoms with van der Waals surface area (Å²) in [4.78, 5) is 24.0. The van der Waals surface area contributed by atoms with Gasteiger partial charge in [-0.25, -0.2) is 13.2 Å². The number of sulfonamides is 1. The number of esters is 1. The fraction of sp³-hybridized carbons (Fsp3) is 0.556. The standard InChI is InChI=1S/C18H28N2O5S/c1-6-20(7-2)26(23,24)15-9-8-14(5)16(10-15)18(22)25-12-17(21)19-11-13(3)4/h8-10,13H,6-7,11-12H2,1-5H3,(H,19,21). The van der Waals surface area contributed by atoms with Crippen molar-refractivity contribution in [3.05, 3.63) is 29.3 Å². The molecule has 0 fully saturated rings. The fourth-order valence-corrected chi connectivity index (χ4v) is 3.76. The summed E-state index contributed by atoms with van der Waals surface area (Å²) in [5.74, 6) is -0.825. The first-order chi connectivity index (χ1) is 12.1. The minimum absolute atomic E-state index is 0.0306. The Labute approximate surface area is 155 Å². The second-order valence-electron chi connectivity index (χ2n) is 6.34. The quantitative estimate of drug-likeness (QED) is 0.657. The third kappa shape index (κ3) is 5.81. The Bertz CT molecular complexity index is 740. The first kappa shape index (κ1) is 22.1. The Morgan fingerprint density at radius 1 is 1.19 bits per heavy atom. The van der Waals surface area contributed by atoms with Gasteiger partial charge >= 0.3 is 5.97 Å². The summed E-state index contributed by atoms with van der Waals surface area (Å²) in [5.41, 5.74) is 0.714. The van der Waals surface area contributed by atoms with Gasteiger partial charge in [-0.05, 0) is 30.5 Å². The molecule has 7 nitrogen and oxygen atoms in total. The van der Waals surface area contributed by atoms with Crippen molar-refractivity contribution in [2.75, 3.05) is 26.2 Å². The van der Waals surface area contributed by atoms with Crippen LogP contribution in [-0.4, -0.2) is 50.8 Å². The van der Waals surface area contributed by atoms with Crippen molar-refractivity contribution >= 4 is 21.9 Å². The van der Waals surface area contributed by atoms with Crippen LogP contribution in [0.2, 0.25) is 0 Å². The van der Waals surface area contributed by atoms with Gasteiger partial charge in [0.2, 0.25) is 10.0 Å². The maximum absolute atomic E-state index is 12.6. The largest absolute Gasteiger partial charge is 0.452 e. The number of ether oxygens (including phenoxy) is 1. The average Bonchev–Trinajstić information content (AvgIpc) is 2.58. The van der Waals surface area contributed by atoms with E-state index >= 15 is 0 Å². The number of aryl methyl sites for hydroxylation is 1. The lowest BCUT2D eigenvalue weighted by molar-refractivity contribution is -0.124. The van der Waals surface area contributed by atoms with Crippen LogP contribution >= 0.6 is 0 Å². The number of carbonyl (C=O) groups excluding carboxylic acids is 2. The number of nitrogens with zero attached hydrogens (tertiary/aromatic N) is 1. The molecule has 0 saturated carbocycles. The van der Waals surface area contributed by atoms with Crippen LogP contribution in [0, 0.1) is 12.8 Å². The molecular weight excluding hydrogens is 356 g/mol. The highest BCUT2D eigenvalue weighted by Gasteiger charge is 2.24. The van der Waals surface area contributed by atoms with Crippen LogP contribution in [0.15, 0.2) is 23.1 Å². The Morgan fingerprint density at radius 3 is 2.35 bits per heavy atom. The predicted molar refractivity (Wildman–Crippen MR) is 99.4 cm³/mol. The molecule has 0 radical (unpaired) electrons. The topological polar surface area (TPSA) is 92.8 Å². The molecule has 0 heterocycles. The van der Waals surface area contributed by atoms with Crippen LogP contribution in [0.1, 0.15) is 43.6 Å². The lowest BCUT2D eigenvalue weighted by atomic mass is 10.1. The molecule has 146 valence electrons. The molecule has 0 spiro atoms. The zero-order chi connectivity index (χ0) is 19.9. The van der Waals surface area contributed by atoms with Gasteiger partial charge in [0.15, 0.2) is 6.61 Å². The van der Waals surface area contributed by atoms with E-state index in [1.54, 1.807) is 26.8 Å². The SMILES string of the molecule is CCN(CC)S(=O)(=O)c1ccc(C)c(C(=O)OCC(=O)NCC(C)C)c1. The number of nitrogens with one attached hydrogen (secondary N) is 1. The molecule has 0 saturated heterocycles. The van der Waals surface area contributed by atoms with Crippen LogP contribution in [-0.2, 0) is 19.6 Å². The Morgan fingerprint density at radius 2 is 1.81 bits per heavy atom. The molecule has 1 aromatic rings. The van der Waals surface area contributed by atoms with Gasteiger partial charge in [-0.1, -0.05) is 33.8 Å². The number of hydrogen-bond acceptors (Lipinski definition) is 5. The number of carbonyl (C=O) groups is 2. The number of amides is 1. The monoisotopic (exact) mass is 384 g/mol. The van der Waals surface area contributed by atoms with Gasteiger partial charge in [0.05, 0.1) is 10.5 Å². The zero-order valence-corrected chi connectivity index (χ0v) is 16.9. The van der Waals surface area contributed by atoms with E-state index in [4.69, 9.17) is 4.74 Å². The van der Waals surface area contributed by atoms with Crippen molar-refractivity contribution in [2.45, 2.75) is 39.5 Å². The van der Waals surface area contributed by atoms with Crippen molar-refractivity contribution in [3.8, 4) is 0 Å². The van der Waals surface area contributed by atoms with Crippen LogP contribution in [0.25, 0.3) is 0 Å². The van der Waals surface area contributed by atoms with Gasteiger partial charge in [-0.15, -0.1) is 0 Å². The highest BCUT2D eigenvalue weighted by molar-refractivity contribution is 7.89. The molecule has 0 unspecified atom stereocenters. The van der Waals surface area contributed by atoms with E-state index in [9.17, 15) is 18.0 Å². The van der Waals surface area contributed by atoms with E-state index < -0.39 is 28.5 Å². The number of benzene rings is 1. The zero-order valence-electron chi connectivity index (χ0n) is 16.0. The van der Waals surface area contributed by atoms with Crippen molar-refractivity contribution in [1.29, 1.82) is 0 Å². The second-order valence-corrected chi connectivity index (χ2v) is 8.28. The summed E-state index contributed by atoms with van der Waals surface area (Å²) in [6.45, 7) is 9.86. The van der Waals surface area contributed by atoms with Crippen molar-refractivity contribution in [3.63, 3.8) is 0 Å². The van der Waals surface area contributed by atoms with Crippen LogP contribution in [0.5, 0.6) is 0 Å². The van der Waals surface area contributed by atoms with Crippen molar-refractivity contribution < 1.29 is 22.7 Å². The minimum Gasteiger partial charge on any atom is -0.452 e. The van der Waals surface area contributed by atoms with Crippen molar-refractivity contribution in [2.24, 2.45) is 5.92 Å². The van der Waals surface area contributed by atoms with Crippen LogP contribution < -0.4 is 5.32 Å². The van der Waals surface area contributed by atoms with E-state index in [2.05, 4.69) is 5.32 Å². The Kier molecular flexibility index (Phi) is 8.23. The van der Waals surface area contributed by atoms with Gasteiger partial charge in [0, 0.05) is 19.6 Å². The molecule has 1 aromatic carbocycles. The molecular formula is C18H28N2O5S. The molecule has 0 aromatic heterocycles. The van der Waals surface area contributed by atoms with Crippen LogP contribution in [0.4, 0.5) is 0 Å². The third-order valence-electron chi connectivity index (χ3n) is 3.81. The van der Waals surface area contributed by atoms with Gasteiger partial charge < -0.3 is 10.1 Å². The lowest BCUT2D eigenvalue weighted by Crippen LogP contribution is -2.32. The maximum atomic E-state index is 12.6. The summed E-state index contributed by atoms with van der Waals surface area (Å²) in [6.07, 6.45) is 0. The molecule has 0 aliphatic heterocycles. The van der Waals surface area contributed by atoms with Gasteiger partial charge in [-0.3, -0.25) is 4.79 Å². The summed E-state index contributed by atoms with van der Waals surface area (Å²) >= 11 is 0. The Balaban J connectivity index is 2.93. The molecule has 1 N–H and O–H groups in total. The number of hydrogen-bond donors (Lipinski definition) is 1. The van der Waals surface area contributed by atoms with Gasteiger partial charge in [0.1, 0.15) is 0 Å². The average molecular weight is 384 g/mol. The summed E-state index contributed by atoms with van der Waals surface area (Å²) in [7, 11) is -3.68. The third-order valence-corrected chi connectivity index (χ3v) is 5.86.